The molecule has 0 radical (unpaired) electrons. The zero-order valence-corrected chi connectivity index (χ0v) is 13.0. The van der Waals surface area contributed by atoms with Crippen LogP contribution < -0.4 is 0 Å². The molecule has 0 aromatic heterocycles. The van der Waals surface area contributed by atoms with Crippen molar-refractivity contribution in [1.82, 2.24) is 4.90 Å². The Morgan fingerprint density at radius 3 is 2.38 bits per heavy atom. The van der Waals surface area contributed by atoms with Gasteiger partial charge in [0.05, 0.1) is 18.6 Å². The summed E-state index contributed by atoms with van der Waals surface area (Å²) in [5, 5.41) is 8.97. The van der Waals surface area contributed by atoms with Gasteiger partial charge in [-0.2, -0.15) is 0 Å². The van der Waals surface area contributed by atoms with Gasteiger partial charge in [-0.3, -0.25) is 4.79 Å². The number of likely N-dealkylation sites (N-methyl/N-ethyl adjacent to an activating group) is 1. The lowest BCUT2D eigenvalue weighted by Crippen LogP contribution is -2.47. The van der Waals surface area contributed by atoms with E-state index in [2.05, 4.69) is 0 Å². The van der Waals surface area contributed by atoms with Gasteiger partial charge in [0.25, 0.3) is 0 Å². The summed E-state index contributed by atoms with van der Waals surface area (Å²) in [6, 6.07) is 8.83. The van der Waals surface area contributed by atoms with E-state index in [-0.39, 0.29) is 12.5 Å². The van der Waals surface area contributed by atoms with Gasteiger partial charge in [0.2, 0.25) is 5.91 Å². The van der Waals surface area contributed by atoms with Crippen LogP contribution in [0.3, 0.4) is 0 Å². The molecule has 0 saturated carbocycles. The highest BCUT2D eigenvalue weighted by molar-refractivity contribution is 5.86. The largest absolute Gasteiger partial charge is 0.480 e. The quantitative estimate of drug-likeness (QED) is 0.836. The molecule has 1 atom stereocenters. The van der Waals surface area contributed by atoms with Crippen LogP contribution in [0.15, 0.2) is 30.3 Å². The molecule has 1 amide bonds. The van der Waals surface area contributed by atoms with Crippen molar-refractivity contribution in [2.24, 2.45) is 5.41 Å². The summed E-state index contributed by atoms with van der Waals surface area (Å²) >= 11 is 0. The van der Waals surface area contributed by atoms with Crippen molar-refractivity contribution in [1.29, 1.82) is 0 Å². The first kappa shape index (κ1) is 17.2. The number of rotatable bonds is 7. The first-order chi connectivity index (χ1) is 9.75. The van der Waals surface area contributed by atoms with Crippen molar-refractivity contribution in [2.75, 3.05) is 13.7 Å². The van der Waals surface area contributed by atoms with E-state index in [9.17, 15) is 9.59 Å². The lowest BCUT2D eigenvalue weighted by atomic mass is 9.92. The topological polar surface area (TPSA) is 66.8 Å². The molecule has 21 heavy (non-hydrogen) atoms. The zero-order chi connectivity index (χ0) is 16.0. The van der Waals surface area contributed by atoms with Crippen LogP contribution in [-0.4, -0.2) is 41.6 Å². The van der Waals surface area contributed by atoms with Gasteiger partial charge in [0, 0.05) is 7.05 Å². The summed E-state index contributed by atoms with van der Waals surface area (Å²) in [6.45, 7) is 5.66. The first-order valence-electron chi connectivity index (χ1n) is 6.87. The average Bonchev–Trinajstić information content (AvgIpc) is 2.45. The molecule has 1 N–H and O–H groups in total. The van der Waals surface area contributed by atoms with Gasteiger partial charge in [0.1, 0.15) is 6.04 Å². The highest BCUT2D eigenvalue weighted by Crippen LogP contribution is 2.21. The fourth-order valence-electron chi connectivity index (χ4n) is 1.88. The summed E-state index contributed by atoms with van der Waals surface area (Å²) in [7, 11) is 1.50. The second kappa shape index (κ2) is 7.22. The van der Waals surface area contributed by atoms with Crippen LogP contribution in [0.4, 0.5) is 0 Å². The third kappa shape index (κ3) is 4.86. The van der Waals surface area contributed by atoms with Crippen molar-refractivity contribution in [2.45, 2.75) is 33.4 Å². The fourth-order valence-corrected chi connectivity index (χ4v) is 1.88. The summed E-state index contributed by atoms with van der Waals surface area (Å²) < 4.78 is 5.60. The van der Waals surface area contributed by atoms with Gasteiger partial charge in [-0.15, -0.1) is 0 Å². The van der Waals surface area contributed by atoms with Crippen molar-refractivity contribution >= 4 is 11.9 Å². The summed E-state index contributed by atoms with van der Waals surface area (Å²) in [5.74, 6) is -1.27. The standard InChI is InChI=1S/C16H23NO4/c1-12(14(18)19)17(4)15(20)16(2,3)11-21-10-13-8-6-5-7-9-13/h5-9,12H,10-11H2,1-4H3,(H,18,19). The van der Waals surface area contributed by atoms with Crippen LogP contribution >= 0.6 is 0 Å². The maximum absolute atomic E-state index is 12.3. The molecule has 1 aromatic rings. The van der Waals surface area contributed by atoms with Crippen LogP contribution in [0.2, 0.25) is 0 Å². The third-order valence-corrected chi connectivity index (χ3v) is 3.41. The molecule has 1 unspecified atom stereocenters. The number of carbonyl (C=O) groups excluding carboxylic acids is 1. The van der Waals surface area contributed by atoms with Crippen LogP contribution in [-0.2, 0) is 20.9 Å². The summed E-state index contributed by atoms with van der Waals surface area (Å²) in [6.07, 6.45) is 0. The second-order valence-corrected chi connectivity index (χ2v) is 5.79. The minimum absolute atomic E-state index is 0.234. The van der Waals surface area contributed by atoms with Crippen LogP contribution in [0, 0.1) is 5.41 Å². The Labute approximate surface area is 125 Å². The monoisotopic (exact) mass is 293 g/mol. The molecule has 0 heterocycles. The number of carbonyl (C=O) groups is 2. The first-order valence-corrected chi connectivity index (χ1v) is 6.87. The summed E-state index contributed by atoms with van der Waals surface area (Å²) in [5.41, 5.74) is 0.265. The lowest BCUT2D eigenvalue weighted by molar-refractivity contribution is -0.154. The predicted molar refractivity (Wildman–Crippen MR) is 79.7 cm³/mol. The van der Waals surface area contributed by atoms with E-state index < -0.39 is 17.4 Å². The third-order valence-electron chi connectivity index (χ3n) is 3.41. The van der Waals surface area contributed by atoms with E-state index in [1.165, 1.54) is 18.9 Å². The van der Waals surface area contributed by atoms with E-state index in [0.29, 0.717) is 6.61 Å². The van der Waals surface area contributed by atoms with Crippen LogP contribution in [0.25, 0.3) is 0 Å². The van der Waals surface area contributed by atoms with E-state index in [1.54, 1.807) is 13.8 Å². The molecule has 0 aliphatic rings. The average molecular weight is 293 g/mol. The molecule has 0 aliphatic carbocycles. The Balaban J connectivity index is 2.56. The van der Waals surface area contributed by atoms with E-state index in [0.717, 1.165) is 5.56 Å². The predicted octanol–water partition coefficient (Wildman–Crippen LogP) is 2.16. The van der Waals surface area contributed by atoms with E-state index >= 15 is 0 Å². The molecule has 0 fully saturated rings. The highest BCUT2D eigenvalue weighted by Gasteiger charge is 2.34. The number of ether oxygens (including phenoxy) is 1. The molecular formula is C16H23NO4. The number of hydrogen-bond acceptors (Lipinski definition) is 3. The number of carboxylic acids is 1. The smallest absolute Gasteiger partial charge is 0.326 e. The molecule has 0 aliphatic heterocycles. The van der Waals surface area contributed by atoms with Crippen molar-refractivity contribution in [3.8, 4) is 0 Å². The molecule has 0 saturated heterocycles. The molecule has 1 aromatic carbocycles. The summed E-state index contributed by atoms with van der Waals surface area (Å²) in [4.78, 5) is 24.5. The van der Waals surface area contributed by atoms with Gasteiger partial charge in [-0.25, -0.2) is 4.79 Å². The zero-order valence-electron chi connectivity index (χ0n) is 13.0. The lowest BCUT2D eigenvalue weighted by Gasteiger charge is -2.31. The Hall–Kier alpha value is -1.88. The minimum Gasteiger partial charge on any atom is -0.480 e. The van der Waals surface area contributed by atoms with Crippen molar-refractivity contribution < 1.29 is 19.4 Å². The highest BCUT2D eigenvalue weighted by atomic mass is 16.5. The fraction of sp³-hybridized carbons (Fsp3) is 0.500. The molecule has 5 heteroatoms. The van der Waals surface area contributed by atoms with E-state index in [4.69, 9.17) is 9.84 Å². The number of carboxylic acid groups (broad SMARTS) is 1. The Bertz CT molecular complexity index is 484. The maximum Gasteiger partial charge on any atom is 0.326 e. The molecule has 1 rings (SSSR count). The number of nitrogens with zero attached hydrogens (tertiary/aromatic N) is 1. The van der Waals surface area contributed by atoms with Crippen molar-refractivity contribution in [3.05, 3.63) is 35.9 Å². The molecule has 0 spiro atoms. The molecule has 5 nitrogen and oxygen atoms in total. The van der Waals surface area contributed by atoms with Gasteiger partial charge >= 0.3 is 5.97 Å². The van der Waals surface area contributed by atoms with E-state index in [1.807, 2.05) is 30.3 Å². The van der Waals surface area contributed by atoms with Gasteiger partial charge in [0.15, 0.2) is 0 Å². The normalized spacial score (nSPS) is 12.8. The number of amides is 1. The molecule has 0 bridgehead atoms. The molecule has 116 valence electrons. The van der Waals surface area contributed by atoms with Crippen LogP contribution in [0.1, 0.15) is 26.3 Å². The number of aliphatic carboxylic acids is 1. The number of benzene rings is 1. The number of hydrogen-bond donors (Lipinski definition) is 1. The SMILES string of the molecule is CC(C(=O)O)N(C)C(=O)C(C)(C)COCc1ccccc1. The Morgan fingerprint density at radius 1 is 1.29 bits per heavy atom. The van der Waals surface area contributed by atoms with Crippen molar-refractivity contribution in [3.63, 3.8) is 0 Å². The van der Waals surface area contributed by atoms with Gasteiger partial charge in [-0.05, 0) is 26.3 Å². The maximum atomic E-state index is 12.3. The van der Waals surface area contributed by atoms with Crippen LogP contribution in [0.5, 0.6) is 0 Å². The Morgan fingerprint density at radius 2 is 1.86 bits per heavy atom. The second-order valence-electron chi connectivity index (χ2n) is 5.79. The van der Waals surface area contributed by atoms with Gasteiger partial charge < -0.3 is 14.7 Å². The Kier molecular flexibility index (Phi) is 5.90. The minimum atomic E-state index is -1.02. The van der Waals surface area contributed by atoms with Gasteiger partial charge in [-0.1, -0.05) is 30.3 Å². The molecular weight excluding hydrogens is 270 g/mol.